The number of benzene rings is 2. The fourth-order valence-corrected chi connectivity index (χ4v) is 4.86. The van der Waals surface area contributed by atoms with E-state index in [4.69, 9.17) is 9.47 Å². The van der Waals surface area contributed by atoms with Gasteiger partial charge in [0.25, 0.3) is 0 Å². The van der Waals surface area contributed by atoms with Crippen molar-refractivity contribution in [2.75, 3.05) is 24.9 Å². The van der Waals surface area contributed by atoms with E-state index in [1.165, 1.54) is 35.1 Å². The Labute approximate surface area is 172 Å². The second-order valence-electron chi connectivity index (χ2n) is 6.50. The second-order valence-corrected chi connectivity index (χ2v) is 7.62. The molecule has 26 heavy (non-hydrogen) atoms. The van der Waals surface area contributed by atoms with E-state index in [1.807, 2.05) is 0 Å². The van der Waals surface area contributed by atoms with Gasteiger partial charge in [-0.25, -0.2) is 0 Å². The number of halogens is 2. The average Bonchev–Trinajstić information content (AvgIpc) is 2.68. The molecule has 0 fully saturated rings. The van der Waals surface area contributed by atoms with Gasteiger partial charge < -0.3 is 9.47 Å². The van der Waals surface area contributed by atoms with Crippen molar-refractivity contribution in [3.63, 3.8) is 0 Å². The highest BCUT2D eigenvalue weighted by Crippen LogP contribution is 2.39. The number of hydrogen-bond donors (Lipinski definition) is 0. The molecule has 2 aromatic carbocycles. The van der Waals surface area contributed by atoms with Gasteiger partial charge in [0.1, 0.15) is 11.5 Å². The summed E-state index contributed by atoms with van der Waals surface area (Å²) in [6.45, 7) is 0. The van der Waals surface area contributed by atoms with Crippen molar-refractivity contribution >= 4 is 43.0 Å². The molecule has 0 amide bonds. The van der Waals surface area contributed by atoms with Crippen molar-refractivity contribution < 1.29 is 9.47 Å². The van der Waals surface area contributed by atoms with E-state index in [0.29, 0.717) is 0 Å². The van der Waals surface area contributed by atoms with Crippen molar-refractivity contribution in [3.05, 3.63) is 58.7 Å². The van der Waals surface area contributed by atoms with Crippen LogP contribution in [0.3, 0.4) is 0 Å². The zero-order chi connectivity index (χ0) is 18.5. The summed E-state index contributed by atoms with van der Waals surface area (Å²) in [7, 11) is 3.48. The lowest BCUT2D eigenvalue weighted by Gasteiger charge is -2.20. The Bertz CT molecular complexity index is 744. The van der Waals surface area contributed by atoms with Crippen molar-refractivity contribution in [1.82, 2.24) is 0 Å². The summed E-state index contributed by atoms with van der Waals surface area (Å²) in [4.78, 5) is 0. The van der Waals surface area contributed by atoms with Crippen molar-refractivity contribution in [3.8, 4) is 11.5 Å². The molecular weight excluding hydrogens is 456 g/mol. The van der Waals surface area contributed by atoms with Gasteiger partial charge in [0.05, 0.1) is 14.2 Å². The quantitative estimate of drug-likeness (QED) is 0.480. The second kappa shape index (κ2) is 9.09. The van der Waals surface area contributed by atoms with E-state index >= 15 is 0 Å². The van der Waals surface area contributed by atoms with Crippen LogP contribution >= 0.6 is 31.9 Å². The van der Waals surface area contributed by atoms with Crippen LogP contribution in [-0.4, -0.2) is 24.9 Å². The summed E-state index contributed by atoms with van der Waals surface area (Å²) in [6.07, 6.45) is 4.57. The lowest BCUT2D eigenvalue weighted by atomic mass is 9.91. The van der Waals surface area contributed by atoms with Crippen LogP contribution in [0.2, 0.25) is 0 Å². The summed E-state index contributed by atoms with van der Waals surface area (Å²) >= 11 is 7.44. The first-order valence-corrected chi connectivity index (χ1v) is 11.1. The molecule has 0 unspecified atom stereocenters. The van der Waals surface area contributed by atoms with Crippen LogP contribution < -0.4 is 9.47 Å². The van der Waals surface area contributed by atoms with E-state index in [-0.39, 0.29) is 0 Å². The zero-order valence-electron chi connectivity index (χ0n) is 15.3. The van der Waals surface area contributed by atoms with Crippen molar-refractivity contribution in [2.24, 2.45) is 0 Å². The highest BCUT2D eigenvalue weighted by molar-refractivity contribution is 9.09. The normalized spacial score (nSPS) is 17.2. The van der Waals surface area contributed by atoms with Crippen LogP contribution in [-0.2, 0) is 12.8 Å². The lowest BCUT2D eigenvalue weighted by Crippen LogP contribution is -2.03. The molecule has 2 nitrogen and oxygen atoms in total. The fraction of sp³-hybridized carbons (Fsp3) is 0.364. The monoisotopic (exact) mass is 478 g/mol. The van der Waals surface area contributed by atoms with Gasteiger partial charge in [-0.15, -0.1) is 0 Å². The van der Waals surface area contributed by atoms with E-state index in [2.05, 4.69) is 68.3 Å². The van der Waals surface area contributed by atoms with E-state index in [0.717, 1.165) is 46.1 Å². The predicted octanol–water partition coefficient (Wildman–Crippen LogP) is 6.28. The number of alkyl halides is 2. The maximum atomic E-state index is 5.68. The summed E-state index contributed by atoms with van der Waals surface area (Å²) in [5.41, 5.74) is 7.51. The summed E-state index contributed by atoms with van der Waals surface area (Å²) in [5.74, 6) is 1.82. The minimum absolute atomic E-state index is 0.751. The van der Waals surface area contributed by atoms with Crippen LogP contribution in [0, 0.1) is 0 Å². The standard InChI is InChI=1S/C22H24Br2O2/c1-25-21-9-7-15-5-3-4-6-16-8-10-22(26-2)18(12-16)20(14-24)19(13-23)17(21)11-15/h7-12H,3-6,13-14H2,1-2H3/b20-19-. The highest BCUT2D eigenvalue weighted by atomic mass is 79.9. The van der Waals surface area contributed by atoms with Crippen LogP contribution in [0.5, 0.6) is 11.5 Å². The minimum atomic E-state index is 0.751. The molecule has 1 aliphatic rings. The summed E-state index contributed by atoms with van der Waals surface area (Å²) in [6, 6.07) is 13.1. The van der Waals surface area contributed by atoms with Gasteiger partial charge in [-0.05, 0) is 72.2 Å². The molecule has 4 heteroatoms. The highest BCUT2D eigenvalue weighted by Gasteiger charge is 2.18. The maximum absolute atomic E-state index is 5.68. The van der Waals surface area contributed by atoms with Gasteiger partial charge >= 0.3 is 0 Å². The number of hydrogen-bond acceptors (Lipinski definition) is 2. The molecule has 0 aromatic heterocycles. The zero-order valence-corrected chi connectivity index (χ0v) is 18.5. The van der Waals surface area contributed by atoms with Gasteiger partial charge in [-0.3, -0.25) is 0 Å². The Hall–Kier alpha value is -1.26. The molecule has 0 spiro atoms. The third-order valence-electron chi connectivity index (χ3n) is 4.99. The molecule has 0 heterocycles. The number of allylic oxidation sites excluding steroid dienone is 2. The maximum Gasteiger partial charge on any atom is 0.126 e. The Kier molecular flexibility index (Phi) is 6.82. The first-order chi connectivity index (χ1) is 12.7. The molecule has 138 valence electrons. The molecule has 3 rings (SSSR count). The molecule has 0 saturated heterocycles. The average molecular weight is 480 g/mol. The smallest absolute Gasteiger partial charge is 0.126 e. The predicted molar refractivity (Wildman–Crippen MR) is 117 cm³/mol. The molecule has 0 saturated carbocycles. The van der Waals surface area contributed by atoms with Crippen molar-refractivity contribution in [2.45, 2.75) is 25.7 Å². The third-order valence-corrected chi connectivity index (χ3v) is 6.11. The van der Waals surface area contributed by atoms with Crippen LogP contribution in [0.25, 0.3) is 11.1 Å². The first-order valence-electron chi connectivity index (χ1n) is 8.90. The molecule has 0 radical (unpaired) electrons. The number of methoxy groups -OCH3 is 2. The minimum Gasteiger partial charge on any atom is -0.496 e. The van der Waals surface area contributed by atoms with E-state index < -0.39 is 0 Å². The summed E-state index contributed by atoms with van der Waals surface area (Å²) in [5, 5.41) is 1.50. The van der Waals surface area contributed by atoms with E-state index in [9.17, 15) is 0 Å². The number of fused-ring (bicyclic) bond motifs is 4. The number of ether oxygens (including phenoxy) is 2. The fourth-order valence-electron chi connectivity index (χ4n) is 3.58. The Morgan fingerprint density at radius 3 is 1.50 bits per heavy atom. The summed E-state index contributed by atoms with van der Waals surface area (Å²) < 4.78 is 11.4. The van der Waals surface area contributed by atoms with Gasteiger partial charge in [-0.1, -0.05) is 44.0 Å². The van der Waals surface area contributed by atoms with Crippen molar-refractivity contribution in [1.29, 1.82) is 0 Å². The molecule has 0 atom stereocenters. The molecule has 4 bridgehead atoms. The molecule has 0 N–H and O–H groups in total. The van der Waals surface area contributed by atoms with Crippen LogP contribution in [0.15, 0.2) is 36.4 Å². The Morgan fingerprint density at radius 2 is 1.15 bits per heavy atom. The molecular formula is C22H24Br2O2. The molecule has 1 aliphatic carbocycles. The SMILES string of the molecule is COc1ccc2cc1/C(CBr)=C(/CBr)c1cc(ccc1OC)CCCC2. The number of rotatable bonds is 4. The Morgan fingerprint density at radius 1 is 0.731 bits per heavy atom. The Balaban J connectivity index is 2.32. The molecule has 0 aliphatic heterocycles. The van der Waals surface area contributed by atoms with Gasteiger partial charge in [-0.2, -0.15) is 0 Å². The topological polar surface area (TPSA) is 18.5 Å². The number of aryl methyl sites for hydroxylation is 2. The van der Waals surface area contributed by atoms with Crippen LogP contribution in [0.4, 0.5) is 0 Å². The first kappa shape index (κ1) is 19.5. The van der Waals surface area contributed by atoms with E-state index in [1.54, 1.807) is 14.2 Å². The van der Waals surface area contributed by atoms with Gasteiger partial charge in [0, 0.05) is 21.8 Å². The largest absolute Gasteiger partial charge is 0.496 e. The van der Waals surface area contributed by atoms with Gasteiger partial charge in [0.2, 0.25) is 0 Å². The third kappa shape index (κ3) is 4.01. The van der Waals surface area contributed by atoms with Gasteiger partial charge in [0.15, 0.2) is 0 Å². The van der Waals surface area contributed by atoms with Crippen LogP contribution in [0.1, 0.15) is 35.1 Å². The molecule has 2 aromatic rings. The lowest BCUT2D eigenvalue weighted by molar-refractivity contribution is 0.412.